The molecule has 5 nitrogen and oxygen atoms in total. The lowest BCUT2D eigenvalue weighted by Crippen LogP contribution is -2.51. The van der Waals surface area contributed by atoms with Crippen LogP contribution in [-0.2, 0) is 11.3 Å². The quantitative estimate of drug-likeness (QED) is 0.744. The van der Waals surface area contributed by atoms with E-state index in [1.54, 1.807) is 17.1 Å². The second kappa shape index (κ2) is 6.47. The molecule has 5 aliphatic carbocycles. The summed E-state index contributed by atoms with van der Waals surface area (Å²) in [6.45, 7) is 7.25. The van der Waals surface area contributed by atoms with E-state index < -0.39 is 5.60 Å². The number of carbonyl (C=O) groups is 1. The lowest BCUT2D eigenvalue weighted by Gasteiger charge is -2.56. The molecule has 5 fully saturated rings. The maximum absolute atomic E-state index is 13.4. The summed E-state index contributed by atoms with van der Waals surface area (Å²) < 4.78 is 1.65. The van der Waals surface area contributed by atoms with Crippen LogP contribution in [0.1, 0.15) is 84.1 Å². The number of fused-ring (bicyclic) bond motifs is 3. The summed E-state index contributed by atoms with van der Waals surface area (Å²) in [5, 5.41) is 24.2. The second-order valence-corrected chi connectivity index (χ2v) is 12.7. The number of nitriles is 1. The molecule has 5 heteroatoms. The van der Waals surface area contributed by atoms with Gasteiger partial charge in [-0.25, -0.2) is 0 Å². The van der Waals surface area contributed by atoms with Crippen molar-refractivity contribution in [1.29, 1.82) is 5.26 Å². The zero-order chi connectivity index (χ0) is 22.5. The summed E-state index contributed by atoms with van der Waals surface area (Å²) in [7, 11) is 0. The Labute approximate surface area is 191 Å². The largest absolute Gasteiger partial charge is 0.390 e. The van der Waals surface area contributed by atoms with Gasteiger partial charge in [0, 0.05) is 12.1 Å². The van der Waals surface area contributed by atoms with Gasteiger partial charge in [-0.05, 0) is 105 Å². The summed E-state index contributed by atoms with van der Waals surface area (Å²) in [5.74, 6) is 3.37. The first-order valence-corrected chi connectivity index (χ1v) is 12.8. The van der Waals surface area contributed by atoms with Gasteiger partial charge >= 0.3 is 0 Å². The van der Waals surface area contributed by atoms with E-state index in [1.165, 1.54) is 38.5 Å². The Balaban J connectivity index is 1.23. The molecule has 0 aliphatic heterocycles. The number of hydrogen-bond donors (Lipinski definition) is 1. The molecule has 1 aromatic heterocycles. The molecular weight excluding hydrogens is 398 g/mol. The summed E-state index contributed by atoms with van der Waals surface area (Å²) in [4.78, 5) is 13.4. The third kappa shape index (κ3) is 2.48. The first-order valence-electron chi connectivity index (χ1n) is 12.8. The van der Waals surface area contributed by atoms with Crippen LogP contribution in [0.4, 0.5) is 0 Å². The third-order valence-corrected chi connectivity index (χ3v) is 11.7. The predicted octanol–water partition coefficient (Wildman–Crippen LogP) is 4.73. The lowest BCUT2D eigenvalue weighted by molar-refractivity contribution is -0.133. The minimum Gasteiger partial charge on any atom is -0.390 e. The van der Waals surface area contributed by atoms with E-state index in [1.807, 2.05) is 0 Å². The molecule has 0 saturated heterocycles. The molecule has 0 spiro atoms. The van der Waals surface area contributed by atoms with Crippen LogP contribution in [0.2, 0.25) is 0 Å². The standard InChI is InChI=1S/C27H37N3O2/c1-17-26-9-6-19-20-4-5-22(23(31)15-30-14-18(12-28)13-29-30)25(20,3)8-7-21(19)27(17,26)11-10-24(2,32)16-26/h13-14,17,19-22,32H,4-11,15-16H2,1-3H3/t17-,19+,20+,21+,22-,24-,25+,26-,27+/m1/s1. The van der Waals surface area contributed by atoms with Crippen molar-refractivity contribution < 1.29 is 9.90 Å². The molecule has 0 unspecified atom stereocenters. The third-order valence-electron chi connectivity index (χ3n) is 11.7. The van der Waals surface area contributed by atoms with Crippen molar-refractivity contribution in [2.24, 2.45) is 45.8 Å². The normalized spacial score (nSPS) is 51.0. The van der Waals surface area contributed by atoms with Gasteiger partial charge in [0.1, 0.15) is 6.07 Å². The molecule has 6 rings (SSSR count). The maximum atomic E-state index is 13.4. The molecule has 5 aliphatic rings. The van der Waals surface area contributed by atoms with E-state index in [0.717, 1.165) is 37.0 Å². The fourth-order valence-corrected chi connectivity index (χ4v) is 10.4. The Hall–Kier alpha value is -1.67. The van der Waals surface area contributed by atoms with Crippen LogP contribution in [0.25, 0.3) is 0 Å². The van der Waals surface area contributed by atoms with Gasteiger partial charge in [0.15, 0.2) is 5.78 Å². The smallest absolute Gasteiger partial charge is 0.157 e. The molecule has 1 N–H and O–H groups in total. The number of hydrogen-bond acceptors (Lipinski definition) is 4. The molecule has 172 valence electrons. The Morgan fingerprint density at radius 1 is 1.19 bits per heavy atom. The van der Waals surface area contributed by atoms with E-state index in [0.29, 0.717) is 34.6 Å². The molecule has 0 aromatic carbocycles. The van der Waals surface area contributed by atoms with Crippen molar-refractivity contribution in [2.45, 2.75) is 90.7 Å². The molecule has 1 aromatic rings. The van der Waals surface area contributed by atoms with Gasteiger partial charge in [-0.2, -0.15) is 10.4 Å². The van der Waals surface area contributed by atoms with Crippen LogP contribution in [0.3, 0.4) is 0 Å². The highest BCUT2D eigenvalue weighted by Gasteiger charge is 2.81. The molecule has 0 amide bonds. The molecule has 1 heterocycles. The van der Waals surface area contributed by atoms with Crippen LogP contribution >= 0.6 is 0 Å². The zero-order valence-electron chi connectivity index (χ0n) is 19.8. The Morgan fingerprint density at radius 2 is 2.00 bits per heavy atom. The van der Waals surface area contributed by atoms with Gasteiger partial charge in [0.05, 0.1) is 23.9 Å². The topological polar surface area (TPSA) is 78.9 Å². The Morgan fingerprint density at radius 3 is 2.75 bits per heavy atom. The maximum Gasteiger partial charge on any atom is 0.157 e. The minimum absolute atomic E-state index is 0.110. The van der Waals surface area contributed by atoms with Gasteiger partial charge in [-0.1, -0.05) is 13.8 Å². The predicted molar refractivity (Wildman–Crippen MR) is 120 cm³/mol. The van der Waals surface area contributed by atoms with Crippen molar-refractivity contribution in [1.82, 2.24) is 9.78 Å². The average molecular weight is 436 g/mol. The first-order chi connectivity index (χ1) is 15.2. The highest BCUT2D eigenvalue weighted by atomic mass is 16.3. The summed E-state index contributed by atoms with van der Waals surface area (Å²) in [6, 6.07) is 2.10. The second-order valence-electron chi connectivity index (χ2n) is 12.7. The van der Waals surface area contributed by atoms with Crippen LogP contribution in [-0.4, -0.2) is 26.3 Å². The van der Waals surface area contributed by atoms with E-state index in [-0.39, 0.29) is 11.3 Å². The van der Waals surface area contributed by atoms with Crippen molar-refractivity contribution in [2.75, 3.05) is 0 Å². The first kappa shape index (κ1) is 20.9. The summed E-state index contributed by atoms with van der Waals surface area (Å²) >= 11 is 0. The molecule has 32 heavy (non-hydrogen) atoms. The van der Waals surface area contributed by atoms with Crippen molar-refractivity contribution in [3.8, 4) is 6.07 Å². The number of rotatable bonds is 3. The lowest BCUT2D eigenvalue weighted by atomic mass is 9.48. The Kier molecular flexibility index (Phi) is 4.22. The van der Waals surface area contributed by atoms with Crippen molar-refractivity contribution >= 4 is 5.78 Å². The highest BCUT2D eigenvalue weighted by molar-refractivity contribution is 5.82. The molecule has 0 bridgehead atoms. The van der Waals surface area contributed by atoms with E-state index in [9.17, 15) is 9.90 Å². The van der Waals surface area contributed by atoms with Gasteiger partial charge < -0.3 is 5.11 Å². The van der Waals surface area contributed by atoms with Crippen LogP contribution in [0.5, 0.6) is 0 Å². The number of ketones is 1. The number of Topliss-reactive ketones (excluding diaryl/α,β-unsaturated/α-hetero) is 1. The number of nitrogens with zero attached hydrogens (tertiary/aromatic N) is 3. The molecule has 5 saturated carbocycles. The SMILES string of the molecule is C[C@@H]1[C@]23CC[C@H]4[C@@H]5CC[C@H](C(=O)Cn6cc(C#N)cn6)[C@@]5(C)CC[C@@H]4[C@]12CC[C@@](C)(O)C3. The van der Waals surface area contributed by atoms with Crippen molar-refractivity contribution in [3.63, 3.8) is 0 Å². The van der Waals surface area contributed by atoms with Gasteiger partial charge in [-0.3, -0.25) is 9.48 Å². The number of carbonyl (C=O) groups excluding carboxylic acids is 1. The van der Waals surface area contributed by atoms with E-state index in [4.69, 9.17) is 5.26 Å². The van der Waals surface area contributed by atoms with Crippen LogP contribution in [0.15, 0.2) is 12.4 Å². The van der Waals surface area contributed by atoms with Gasteiger partial charge in [0.2, 0.25) is 0 Å². The van der Waals surface area contributed by atoms with E-state index >= 15 is 0 Å². The fourth-order valence-electron chi connectivity index (χ4n) is 10.4. The summed E-state index contributed by atoms with van der Waals surface area (Å²) in [5.41, 5.74) is 0.995. The van der Waals surface area contributed by atoms with Crippen molar-refractivity contribution in [3.05, 3.63) is 18.0 Å². The van der Waals surface area contributed by atoms with Gasteiger partial charge in [0.25, 0.3) is 0 Å². The Bertz CT molecular complexity index is 1010. The minimum atomic E-state index is -0.479. The number of aliphatic hydroxyl groups is 1. The van der Waals surface area contributed by atoms with Crippen LogP contribution < -0.4 is 0 Å². The highest BCUT2D eigenvalue weighted by Crippen LogP contribution is 2.86. The van der Waals surface area contributed by atoms with E-state index in [2.05, 4.69) is 31.9 Å². The monoisotopic (exact) mass is 435 g/mol. The van der Waals surface area contributed by atoms with Gasteiger partial charge in [-0.15, -0.1) is 0 Å². The molecular formula is C27H37N3O2. The fraction of sp³-hybridized carbons (Fsp3) is 0.815. The molecule has 9 atom stereocenters. The summed E-state index contributed by atoms with van der Waals surface area (Å²) in [6.07, 6.45) is 13.6. The average Bonchev–Trinajstić information content (AvgIpc) is 3.09. The number of aromatic nitrogens is 2. The van der Waals surface area contributed by atoms with Crippen LogP contribution in [0, 0.1) is 57.2 Å². The molecule has 0 radical (unpaired) electrons. The zero-order valence-corrected chi connectivity index (χ0v) is 19.8.